The van der Waals surface area contributed by atoms with Gasteiger partial charge in [-0.3, -0.25) is 9.79 Å². The number of piperidine rings is 1. The van der Waals surface area contributed by atoms with Gasteiger partial charge in [-0.1, -0.05) is 57.4 Å². The van der Waals surface area contributed by atoms with E-state index >= 15 is 0 Å². The molecular formula is C37H54N4O3. The largest absolute Gasteiger partial charge is 0.497 e. The second kappa shape index (κ2) is 15.8. The Hall–Kier alpha value is -3.06. The number of amidine groups is 1. The van der Waals surface area contributed by atoms with Gasteiger partial charge in [-0.15, -0.1) is 0 Å². The van der Waals surface area contributed by atoms with Crippen molar-refractivity contribution in [3.8, 4) is 11.5 Å². The summed E-state index contributed by atoms with van der Waals surface area (Å²) < 4.78 is 10.9. The molecule has 5 rings (SSSR count). The molecule has 1 saturated carbocycles. The van der Waals surface area contributed by atoms with Gasteiger partial charge in [-0.05, 0) is 84.9 Å². The molecule has 2 aromatic carbocycles. The first kappa shape index (κ1) is 32.3. The number of methoxy groups -OCH3 is 2. The van der Waals surface area contributed by atoms with E-state index in [1.165, 1.54) is 69.8 Å². The fraction of sp³-hybridized carbons (Fsp3) is 0.622. The van der Waals surface area contributed by atoms with Crippen molar-refractivity contribution >= 4 is 11.7 Å². The molecule has 1 saturated heterocycles. The number of ether oxygens (including phenoxy) is 2. The number of hydrogen-bond acceptors (Lipinski definition) is 6. The first-order valence-electron chi connectivity index (χ1n) is 17.1. The van der Waals surface area contributed by atoms with Crippen molar-refractivity contribution < 1.29 is 14.3 Å². The van der Waals surface area contributed by atoms with E-state index in [0.29, 0.717) is 36.5 Å². The van der Waals surface area contributed by atoms with E-state index in [0.717, 1.165) is 54.9 Å². The minimum atomic E-state index is -0.0495. The minimum Gasteiger partial charge on any atom is -0.497 e. The van der Waals surface area contributed by atoms with E-state index in [2.05, 4.69) is 46.1 Å². The van der Waals surface area contributed by atoms with Crippen LogP contribution in [0.25, 0.3) is 0 Å². The van der Waals surface area contributed by atoms with Crippen molar-refractivity contribution in [1.29, 1.82) is 0 Å². The zero-order valence-electron chi connectivity index (χ0n) is 27.3. The van der Waals surface area contributed by atoms with Crippen LogP contribution >= 0.6 is 0 Å². The molecule has 1 aliphatic carbocycles. The predicted molar refractivity (Wildman–Crippen MR) is 179 cm³/mol. The lowest BCUT2D eigenvalue weighted by atomic mass is 9.62. The van der Waals surface area contributed by atoms with Gasteiger partial charge >= 0.3 is 0 Å². The maximum Gasteiger partial charge on any atom is 0.251 e. The SMILES string of the molecule is COc1cc(CNC(=O)c2cc(CNC3=NCCC3)cc(C3CC(C)NCC34CCCCCCCCCC4)c2)cc(OC)c1. The van der Waals surface area contributed by atoms with Gasteiger partial charge in [-0.25, -0.2) is 0 Å². The topological polar surface area (TPSA) is 84.0 Å². The summed E-state index contributed by atoms with van der Waals surface area (Å²) in [6.07, 6.45) is 16.5. The molecule has 1 spiro atoms. The lowest BCUT2D eigenvalue weighted by Crippen LogP contribution is -2.49. The Labute approximate surface area is 265 Å². The Bertz CT molecular complexity index is 1240. The third-order valence-corrected chi connectivity index (χ3v) is 10.1. The lowest BCUT2D eigenvalue weighted by Gasteiger charge is -2.48. The summed E-state index contributed by atoms with van der Waals surface area (Å²) in [6.45, 7) is 5.38. The summed E-state index contributed by atoms with van der Waals surface area (Å²) in [6, 6.07) is 12.9. The van der Waals surface area contributed by atoms with Crippen molar-refractivity contribution in [2.45, 2.75) is 115 Å². The molecular weight excluding hydrogens is 548 g/mol. The second-order valence-corrected chi connectivity index (χ2v) is 13.4. The Kier molecular flexibility index (Phi) is 11.6. The van der Waals surface area contributed by atoms with Gasteiger partial charge in [0, 0.05) is 50.3 Å². The van der Waals surface area contributed by atoms with E-state index in [-0.39, 0.29) is 11.3 Å². The Morgan fingerprint density at radius 1 is 0.864 bits per heavy atom. The van der Waals surface area contributed by atoms with Crippen LogP contribution in [0.3, 0.4) is 0 Å². The fourth-order valence-corrected chi connectivity index (χ4v) is 7.64. The van der Waals surface area contributed by atoms with Gasteiger partial charge in [0.05, 0.1) is 20.1 Å². The maximum absolute atomic E-state index is 13.8. The van der Waals surface area contributed by atoms with Crippen LogP contribution in [0.4, 0.5) is 0 Å². The average molecular weight is 603 g/mol. The van der Waals surface area contributed by atoms with Crippen LogP contribution in [0.2, 0.25) is 0 Å². The van der Waals surface area contributed by atoms with Crippen molar-refractivity contribution in [3.05, 3.63) is 58.7 Å². The molecule has 7 heteroatoms. The summed E-state index contributed by atoms with van der Waals surface area (Å²) in [5.41, 5.74) is 4.39. The van der Waals surface area contributed by atoms with Gasteiger partial charge in [0.2, 0.25) is 0 Å². The molecule has 2 aliphatic heterocycles. The van der Waals surface area contributed by atoms with Gasteiger partial charge in [0.25, 0.3) is 5.91 Å². The monoisotopic (exact) mass is 602 g/mol. The highest BCUT2D eigenvalue weighted by molar-refractivity contribution is 5.94. The smallest absolute Gasteiger partial charge is 0.251 e. The van der Waals surface area contributed by atoms with E-state index in [1.54, 1.807) is 14.2 Å². The number of aliphatic imine (C=N–C) groups is 1. The Morgan fingerprint density at radius 3 is 2.16 bits per heavy atom. The number of nitrogens with one attached hydrogen (secondary N) is 3. The van der Waals surface area contributed by atoms with Crippen LogP contribution in [0, 0.1) is 5.41 Å². The van der Waals surface area contributed by atoms with Crippen molar-refractivity contribution in [3.63, 3.8) is 0 Å². The van der Waals surface area contributed by atoms with Crippen LogP contribution < -0.4 is 25.4 Å². The molecule has 2 aromatic rings. The van der Waals surface area contributed by atoms with Crippen LogP contribution in [0.1, 0.15) is 123 Å². The normalized spacial score (nSPS) is 22.5. The fourth-order valence-electron chi connectivity index (χ4n) is 7.64. The first-order chi connectivity index (χ1) is 21.5. The molecule has 2 heterocycles. The molecule has 0 bridgehead atoms. The maximum atomic E-state index is 13.8. The summed E-state index contributed by atoms with van der Waals surface area (Å²) >= 11 is 0. The highest BCUT2D eigenvalue weighted by Crippen LogP contribution is 2.49. The summed E-state index contributed by atoms with van der Waals surface area (Å²) in [5.74, 6) is 2.89. The molecule has 0 aromatic heterocycles. The molecule has 240 valence electrons. The zero-order valence-corrected chi connectivity index (χ0v) is 27.3. The number of carbonyl (C=O) groups excluding carboxylic acids is 1. The molecule has 1 amide bonds. The number of nitrogens with zero attached hydrogens (tertiary/aromatic N) is 1. The quantitative estimate of drug-likeness (QED) is 0.296. The van der Waals surface area contributed by atoms with E-state index in [1.807, 2.05) is 18.2 Å². The predicted octanol–water partition coefficient (Wildman–Crippen LogP) is 7.28. The van der Waals surface area contributed by atoms with Crippen LogP contribution in [-0.4, -0.2) is 45.1 Å². The number of rotatable bonds is 8. The molecule has 3 N–H and O–H groups in total. The Morgan fingerprint density at radius 2 is 1.52 bits per heavy atom. The van der Waals surface area contributed by atoms with Crippen molar-refractivity contribution in [2.24, 2.45) is 10.4 Å². The standard InChI is InChI=1S/C37H54N4O3/c1-27-17-34(37(26-41-27)14-10-8-6-4-5-7-9-11-15-37)30-18-28(24-39-35-13-12-16-38-35)19-31(22-30)36(42)40-25-29-20-32(43-2)23-33(21-29)44-3/h18-23,27,34,41H,4-17,24-26H2,1-3H3,(H,38,39)(H,40,42). The van der Waals surface area contributed by atoms with E-state index in [4.69, 9.17) is 9.47 Å². The molecule has 0 radical (unpaired) electrons. The van der Waals surface area contributed by atoms with Crippen LogP contribution in [0.15, 0.2) is 41.4 Å². The lowest BCUT2D eigenvalue weighted by molar-refractivity contribution is 0.0949. The number of hydrogen-bond donors (Lipinski definition) is 3. The molecule has 7 nitrogen and oxygen atoms in total. The average Bonchev–Trinajstić information content (AvgIpc) is 3.56. The Balaban J connectivity index is 1.43. The summed E-state index contributed by atoms with van der Waals surface area (Å²) in [4.78, 5) is 18.4. The summed E-state index contributed by atoms with van der Waals surface area (Å²) in [7, 11) is 3.29. The van der Waals surface area contributed by atoms with Crippen LogP contribution in [-0.2, 0) is 13.1 Å². The van der Waals surface area contributed by atoms with Crippen molar-refractivity contribution in [1.82, 2.24) is 16.0 Å². The molecule has 2 unspecified atom stereocenters. The highest BCUT2D eigenvalue weighted by Gasteiger charge is 2.42. The van der Waals surface area contributed by atoms with Gasteiger partial charge in [0.15, 0.2) is 0 Å². The zero-order chi connectivity index (χ0) is 30.8. The van der Waals surface area contributed by atoms with Gasteiger partial charge in [0.1, 0.15) is 11.5 Å². The molecule has 2 atom stereocenters. The van der Waals surface area contributed by atoms with Gasteiger partial charge < -0.3 is 25.4 Å². The highest BCUT2D eigenvalue weighted by atomic mass is 16.5. The first-order valence-corrected chi connectivity index (χ1v) is 17.1. The number of carbonyl (C=O) groups is 1. The third-order valence-electron chi connectivity index (χ3n) is 10.1. The van der Waals surface area contributed by atoms with Crippen LogP contribution in [0.5, 0.6) is 11.5 Å². The minimum absolute atomic E-state index is 0.0495. The number of amides is 1. The molecule has 3 aliphatic rings. The van der Waals surface area contributed by atoms with E-state index in [9.17, 15) is 4.79 Å². The summed E-state index contributed by atoms with van der Waals surface area (Å²) in [5, 5.41) is 10.6. The van der Waals surface area contributed by atoms with Crippen molar-refractivity contribution in [2.75, 3.05) is 27.3 Å². The van der Waals surface area contributed by atoms with Gasteiger partial charge in [-0.2, -0.15) is 0 Å². The molecule has 44 heavy (non-hydrogen) atoms. The third kappa shape index (κ3) is 8.56. The van der Waals surface area contributed by atoms with E-state index < -0.39 is 0 Å². The number of benzene rings is 2. The second-order valence-electron chi connectivity index (χ2n) is 13.4. The molecule has 2 fully saturated rings.